The minimum absolute atomic E-state index is 0.196. The van der Waals surface area contributed by atoms with Gasteiger partial charge in [-0.2, -0.15) is 9.36 Å². The molecule has 3 N–H and O–H groups in total. The van der Waals surface area contributed by atoms with Gasteiger partial charge >= 0.3 is 0 Å². The van der Waals surface area contributed by atoms with Crippen molar-refractivity contribution in [2.45, 2.75) is 5.16 Å². The summed E-state index contributed by atoms with van der Waals surface area (Å²) >= 11 is 2.53. The van der Waals surface area contributed by atoms with E-state index in [0.717, 1.165) is 11.5 Å². The number of hydrogen-bond donors (Lipinski definition) is 3. The molecule has 0 amide bonds. The average molecular weight is 307 g/mol. The van der Waals surface area contributed by atoms with Crippen molar-refractivity contribution in [2.24, 2.45) is 10.2 Å². The largest absolute Gasteiger partial charge is 0.504 e. The Balaban J connectivity index is 2.05. The van der Waals surface area contributed by atoms with Crippen molar-refractivity contribution in [2.75, 3.05) is 6.26 Å². The number of aromatic amines is 1. The number of aromatic nitrogens is 3. The number of H-pyrrole nitrogens is 1. The zero-order valence-corrected chi connectivity index (χ0v) is 11.9. The van der Waals surface area contributed by atoms with Gasteiger partial charge in [-0.3, -0.25) is 0 Å². The monoisotopic (exact) mass is 307 g/mol. The highest BCUT2D eigenvalue weighted by molar-refractivity contribution is 7.98. The number of thioether (sulfide) groups is 1. The van der Waals surface area contributed by atoms with E-state index in [1.807, 2.05) is 6.26 Å². The molecule has 0 aliphatic rings. The number of phenols is 2. The molecule has 2 aromatic heterocycles. The summed E-state index contributed by atoms with van der Waals surface area (Å²) in [5, 5.41) is 29.1. The second-order valence-electron chi connectivity index (χ2n) is 3.80. The molecule has 0 aliphatic carbocycles. The van der Waals surface area contributed by atoms with Crippen LogP contribution in [0.15, 0.2) is 33.7 Å². The third kappa shape index (κ3) is 2.21. The summed E-state index contributed by atoms with van der Waals surface area (Å²) in [6.07, 6.45) is 3.56. The lowest BCUT2D eigenvalue weighted by molar-refractivity contribution is 0.405. The Bertz CT molecular complexity index is 795. The van der Waals surface area contributed by atoms with Crippen molar-refractivity contribution in [3.63, 3.8) is 0 Å². The molecule has 9 heteroatoms. The lowest BCUT2D eigenvalue weighted by atomic mass is 10.2. The van der Waals surface area contributed by atoms with Gasteiger partial charge in [0.15, 0.2) is 11.5 Å². The van der Waals surface area contributed by atoms with Crippen LogP contribution in [0.3, 0.4) is 0 Å². The van der Waals surface area contributed by atoms with Crippen molar-refractivity contribution in [3.05, 3.63) is 18.3 Å². The number of aromatic hydroxyl groups is 2. The molecule has 0 saturated heterocycles. The van der Waals surface area contributed by atoms with Gasteiger partial charge in [-0.1, -0.05) is 11.8 Å². The van der Waals surface area contributed by atoms with Crippen LogP contribution in [0.25, 0.3) is 10.9 Å². The molecule has 102 valence electrons. The van der Waals surface area contributed by atoms with Crippen LogP contribution >= 0.6 is 23.3 Å². The van der Waals surface area contributed by atoms with Crippen molar-refractivity contribution < 1.29 is 10.2 Å². The van der Waals surface area contributed by atoms with Crippen molar-refractivity contribution in [1.29, 1.82) is 0 Å². The molecule has 2 heterocycles. The molecule has 0 atom stereocenters. The summed E-state index contributed by atoms with van der Waals surface area (Å²) in [4.78, 5) is 7.06. The molecule has 0 fully saturated rings. The van der Waals surface area contributed by atoms with E-state index in [1.54, 1.807) is 12.3 Å². The average Bonchev–Trinajstić information content (AvgIpc) is 3.07. The molecule has 0 spiro atoms. The van der Waals surface area contributed by atoms with E-state index in [1.165, 1.54) is 17.8 Å². The van der Waals surface area contributed by atoms with Crippen LogP contribution in [0.1, 0.15) is 0 Å². The fourth-order valence-corrected chi connectivity index (χ4v) is 2.73. The van der Waals surface area contributed by atoms with Crippen LogP contribution < -0.4 is 0 Å². The number of azo groups is 1. The Kier molecular flexibility index (Phi) is 3.28. The van der Waals surface area contributed by atoms with Crippen LogP contribution in [0, 0.1) is 0 Å². The smallest absolute Gasteiger partial charge is 0.250 e. The lowest BCUT2D eigenvalue weighted by Gasteiger charge is -2.02. The van der Waals surface area contributed by atoms with Gasteiger partial charge in [0.2, 0.25) is 10.3 Å². The third-order valence-corrected chi connectivity index (χ3v) is 3.86. The first-order valence-electron chi connectivity index (χ1n) is 5.50. The topological polar surface area (TPSA) is 107 Å². The SMILES string of the molecule is CSc1nsc(N=Nc2c(O)c(O)cc3[nH]ccc23)n1. The summed E-state index contributed by atoms with van der Waals surface area (Å²) in [7, 11) is 0. The highest BCUT2D eigenvalue weighted by Gasteiger charge is 2.13. The molecule has 3 rings (SSSR count). The molecule has 0 saturated carbocycles. The number of nitrogens with one attached hydrogen (secondary N) is 1. The maximum Gasteiger partial charge on any atom is 0.250 e. The van der Waals surface area contributed by atoms with E-state index in [0.29, 0.717) is 21.2 Å². The number of hydrogen-bond acceptors (Lipinski definition) is 8. The minimum Gasteiger partial charge on any atom is -0.504 e. The van der Waals surface area contributed by atoms with Crippen LogP contribution in [0.4, 0.5) is 10.8 Å². The maximum atomic E-state index is 9.89. The number of nitrogens with zero attached hydrogens (tertiary/aromatic N) is 4. The Morgan fingerprint density at radius 3 is 2.95 bits per heavy atom. The quantitative estimate of drug-likeness (QED) is 0.389. The molecule has 0 unspecified atom stereocenters. The van der Waals surface area contributed by atoms with Gasteiger partial charge in [0.1, 0.15) is 5.69 Å². The zero-order chi connectivity index (χ0) is 14.1. The summed E-state index contributed by atoms with van der Waals surface area (Å²) in [5.41, 5.74) is 0.860. The van der Waals surface area contributed by atoms with E-state index < -0.39 is 0 Å². The van der Waals surface area contributed by atoms with Gasteiger partial charge in [-0.05, 0) is 12.3 Å². The van der Waals surface area contributed by atoms with Crippen LogP contribution in [-0.2, 0) is 0 Å². The van der Waals surface area contributed by atoms with E-state index in [-0.39, 0.29) is 17.2 Å². The van der Waals surface area contributed by atoms with Crippen LogP contribution in [0.2, 0.25) is 0 Å². The molecule has 20 heavy (non-hydrogen) atoms. The van der Waals surface area contributed by atoms with E-state index in [2.05, 4.69) is 24.6 Å². The highest BCUT2D eigenvalue weighted by Crippen LogP contribution is 2.42. The van der Waals surface area contributed by atoms with Gasteiger partial charge in [0, 0.05) is 29.2 Å². The van der Waals surface area contributed by atoms with E-state index in [9.17, 15) is 10.2 Å². The van der Waals surface area contributed by atoms with Gasteiger partial charge in [-0.25, -0.2) is 0 Å². The summed E-state index contributed by atoms with van der Waals surface area (Å²) in [6, 6.07) is 3.18. The van der Waals surface area contributed by atoms with Crippen molar-refractivity contribution in [3.8, 4) is 11.5 Å². The van der Waals surface area contributed by atoms with Crippen molar-refractivity contribution in [1.82, 2.24) is 14.3 Å². The number of benzene rings is 1. The molecule has 1 aromatic carbocycles. The second-order valence-corrected chi connectivity index (χ2v) is 5.30. The van der Waals surface area contributed by atoms with Crippen molar-refractivity contribution >= 4 is 45.0 Å². The van der Waals surface area contributed by atoms with Gasteiger partial charge in [-0.15, -0.1) is 10.2 Å². The Morgan fingerprint density at radius 1 is 1.35 bits per heavy atom. The standard InChI is InChI=1S/C11H9N5O2S2/c1-19-11-13-10(20-16-11)15-14-8-5-2-3-12-6(5)4-7(17)9(8)18/h2-4,12,17-18H,1H3. The zero-order valence-electron chi connectivity index (χ0n) is 10.2. The number of rotatable bonds is 3. The first-order valence-corrected chi connectivity index (χ1v) is 7.50. The second kappa shape index (κ2) is 5.10. The van der Waals surface area contributed by atoms with Crippen LogP contribution in [-0.4, -0.2) is 30.8 Å². The number of fused-ring (bicyclic) bond motifs is 1. The maximum absolute atomic E-state index is 9.89. The summed E-state index contributed by atoms with van der Waals surface area (Å²) in [6.45, 7) is 0. The summed E-state index contributed by atoms with van der Waals surface area (Å²) < 4.78 is 4.06. The molecule has 0 radical (unpaired) electrons. The highest BCUT2D eigenvalue weighted by atomic mass is 32.2. The summed E-state index contributed by atoms with van der Waals surface area (Å²) in [5.74, 6) is -0.563. The normalized spacial score (nSPS) is 11.7. The molecular weight excluding hydrogens is 298 g/mol. The molecular formula is C11H9N5O2S2. The Hall–Kier alpha value is -2.13. The van der Waals surface area contributed by atoms with E-state index >= 15 is 0 Å². The fraction of sp³-hybridized carbons (Fsp3) is 0.0909. The third-order valence-electron chi connectivity index (χ3n) is 2.60. The molecule has 7 nitrogen and oxygen atoms in total. The first-order chi connectivity index (χ1) is 9.69. The van der Waals surface area contributed by atoms with Gasteiger partial charge in [0.05, 0.1) is 5.52 Å². The predicted molar refractivity (Wildman–Crippen MR) is 77.5 cm³/mol. The Labute approximate surface area is 121 Å². The Morgan fingerprint density at radius 2 is 2.20 bits per heavy atom. The molecule has 0 bridgehead atoms. The first kappa shape index (κ1) is 12.9. The fourth-order valence-electron chi connectivity index (χ4n) is 1.68. The van der Waals surface area contributed by atoms with Gasteiger partial charge < -0.3 is 15.2 Å². The van der Waals surface area contributed by atoms with Gasteiger partial charge in [0.25, 0.3) is 0 Å². The lowest BCUT2D eigenvalue weighted by Crippen LogP contribution is -1.74. The minimum atomic E-state index is -0.310. The van der Waals surface area contributed by atoms with E-state index in [4.69, 9.17) is 0 Å². The molecule has 0 aliphatic heterocycles. The number of phenolic OH excluding ortho intramolecular Hbond substituents is 2. The van der Waals surface area contributed by atoms with Crippen LogP contribution in [0.5, 0.6) is 11.5 Å². The predicted octanol–water partition coefficient (Wildman–Crippen LogP) is 3.57. The molecule has 3 aromatic rings.